The third-order valence-electron chi connectivity index (χ3n) is 4.63. The lowest BCUT2D eigenvalue weighted by Crippen LogP contribution is -2.64. The van der Waals surface area contributed by atoms with Crippen LogP contribution in [0.4, 0.5) is 5.69 Å². The summed E-state index contributed by atoms with van der Waals surface area (Å²) in [5.74, 6) is 0.194. The molecule has 0 unspecified atom stereocenters. The van der Waals surface area contributed by atoms with Crippen molar-refractivity contribution < 1.29 is 9.53 Å². The van der Waals surface area contributed by atoms with Crippen molar-refractivity contribution >= 4 is 11.6 Å². The van der Waals surface area contributed by atoms with Crippen LogP contribution in [0.25, 0.3) is 0 Å². The number of carbonyl (C=O) groups is 1. The van der Waals surface area contributed by atoms with E-state index < -0.39 is 0 Å². The number of hydrogen-bond donors (Lipinski definition) is 0. The lowest BCUT2D eigenvalue weighted by Gasteiger charge is -2.54. The van der Waals surface area contributed by atoms with E-state index in [9.17, 15) is 4.79 Å². The SMILES string of the molecule is O=C1N(c2ccccc2)[C@@H](c2ccccc2)[C@@]12CCOC2. The van der Waals surface area contributed by atoms with E-state index in [0.29, 0.717) is 13.2 Å². The van der Waals surface area contributed by atoms with Gasteiger partial charge in [0.1, 0.15) is 5.41 Å². The van der Waals surface area contributed by atoms with Crippen LogP contribution in [0.2, 0.25) is 0 Å². The zero-order valence-corrected chi connectivity index (χ0v) is 11.7. The molecule has 0 N–H and O–H groups in total. The smallest absolute Gasteiger partial charge is 0.238 e. The molecule has 2 aromatic rings. The number of benzene rings is 2. The molecular formula is C18H17NO2. The summed E-state index contributed by atoms with van der Waals surface area (Å²) >= 11 is 0. The molecule has 106 valence electrons. The third-order valence-corrected chi connectivity index (χ3v) is 4.63. The van der Waals surface area contributed by atoms with E-state index in [-0.39, 0.29) is 17.4 Å². The number of hydrogen-bond acceptors (Lipinski definition) is 2. The fraction of sp³-hybridized carbons (Fsp3) is 0.278. The molecule has 1 spiro atoms. The van der Waals surface area contributed by atoms with Gasteiger partial charge in [0.25, 0.3) is 0 Å². The zero-order valence-electron chi connectivity index (χ0n) is 11.7. The second-order valence-corrected chi connectivity index (χ2v) is 5.78. The zero-order chi connectivity index (χ0) is 14.3. The van der Waals surface area contributed by atoms with Crippen molar-refractivity contribution in [3.63, 3.8) is 0 Å². The molecule has 0 radical (unpaired) electrons. The van der Waals surface area contributed by atoms with Crippen molar-refractivity contribution in [3.05, 3.63) is 66.2 Å². The predicted octanol–water partition coefficient (Wildman–Crippen LogP) is 3.18. The van der Waals surface area contributed by atoms with E-state index in [1.165, 1.54) is 5.56 Å². The molecule has 2 aromatic carbocycles. The predicted molar refractivity (Wildman–Crippen MR) is 81.0 cm³/mol. The molecule has 21 heavy (non-hydrogen) atoms. The average Bonchev–Trinajstić information content (AvgIpc) is 3.06. The number of amides is 1. The molecule has 0 aromatic heterocycles. The van der Waals surface area contributed by atoms with E-state index in [1.54, 1.807) is 0 Å². The molecule has 2 atom stereocenters. The van der Waals surface area contributed by atoms with Crippen LogP contribution in [0.1, 0.15) is 18.0 Å². The van der Waals surface area contributed by atoms with Crippen LogP contribution in [0, 0.1) is 5.41 Å². The van der Waals surface area contributed by atoms with Crippen LogP contribution in [0.15, 0.2) is 60.7 Å². The Morgan fingerprint density at radius 3 is 2.29 bits per heavy atom. The number of rotatable bonds is 2. The summed E-state index contributed by atoms with van der Waals surface area (Å²) in [6.07, 6.45) is 0.814. The van der Waals surface area contributed by atoms with Gasteiger partial charge in [-0.15, -0.1) is 0 Å². The Morgan fingerprint density at radius 1 is 1.00 bits per heavy atom. The standard InChI is InChI=1S/C18H17NO2/c20-17-18(11-12-21-13-18)16(14-7-3-1-4-8-14)19(17)15-9-5-2-6-10-15/h1-10,16H,11-13H2/t16-,18-/m0/s1. The molecule has 3 nitrogen and oxygen atoms in total. The first kappa shape index (κ1) is 12.6. The molecule has 0 aliphatic carbocycles. The summed E-state index contributed by atoms with van der Waals surface area (Å²) in [6, 6.07) is 20.3. The highest BCUT2D eigenvalue weighted by atomic mass is 16.5. The molecule has 2 heterocycles. The number of anilines is 1. The van der Waals surface area contributed by atoms with Gasteiger partial charge in [0.2, 0.25) is 5.91 Å². The van der Waals surface area contributed by atoms with Crippen LogP contribution in [0.5, 0.6) is 0 Å². The molecule has 2 saturated heterocycles. The fourth-order valence-electron chi connectivity index (χ4n) is 3.58. The van der Waals surface area contributed by atoms with E-state index in [4.69, 9.17) is 4.74 Å². The van der Waals surface area contributed by atoms with Crippen molar-refractivity contribution in [2.75, 3.05) is 18.1 Å². The molecule has 2 aliphatic rings. The maximum atomic E-state index is 12.8. The van der Waals surface area contributed by atoms with E-state index in [0.717, 1.165) is 12.1 Å². The highest BCUT2D eigenvalue weighted by Crippen LogP contribution is 2.56. The van der Waals surface area contributed by atoms with Gasteiger partial charge in [0, 0.05) is 12.3 Å². The first-order valence-corrected chi connectivity index (χ1v) is 7.34. The van der Waals surface area contributed by atoms with Crippen molar-refractivity contribution in [2.24, 2.45) is 5.41 Å². The molecule has 2 aliphatic heterocycles. The van der Waals surface area contributed by atoms with Gasteiger partial charge >= 0.3 is 0 Å². The average molecular weight is 279 g/mol. The third kappa shape index (κ3) is 1.74. The molecule has 1 amide bonds. The largest absolute Gasteiger partial charge is 0.380 e. The number of β-lactam (4-membered cyclic amide) rings is 1. The summed E-state index contributed by atoms with van der Waals surface area (Å²) < 4.78 is 5.56. The van der Waals surface area contributed by atoms with Crippen LogP contribution in [-0.2, 0) is 9.53 Å². The van der Waals surface area contributed by atoms with E-state index in [2.05, 4.69) is 12.1 Å². The van der Waals surface area contributed by atoms with Gasteiger partial charge in [-0.2, -0.15) is 0 Å². The number of carbonyl (C=O) groups excluding carboxylic acids is 1. The first-order valence-electron chi connectivity index (χ1n) is 7.34. The molecule has 2 fully saturated rings. The number of ether oxygens (including phenoxy) is 1. The van der Waals surface area contributed by atoms with Crippen LogP contribution in [-0.4, -0.2) is 19.1 Å². The molecule has 3 heteroatoms. The van der Waals surface area contributed by atoms with Crippen molar-refractivity contribution in [1.29, 1.82) is 0 Å². The summed E-state index contributed by atoms with van der Waals surface area (Å²) in [4.78, 5) is 14.7. The second-order valence-electron chi connectivity index (χ2n) is 5.78. The Hall–Kier alpha value is -2.13. The topological polar surface area (TPSA) is 29.5 Å². The van der Waals surface area contributed by atoms with Crippen molar-refractivity contribution in [2.45, 2.75) is 12.5 Å². The molecule has 0 bridgehead atoms. The molecular weight excluding hydrogens is 262 g/mol. The van der Waals surface area contributed by atoms with E-state index in [1.807, 2.05) is 53.4 Å². The molecule has 0 saturated carbocycles. The minimum atomic E-state index is -0.364. The monoisotopic (exact) mass is 279 g/mol. The Morgan fingerprint density at radius 2 is 1.67 bits per heavy atom. The summed E-state index contributed by atoms with van der Waals surface area (Å²) in [6.45, 7) is 1.21. The lowest BCUT2D eigenvalue weighted by molar-refractivity contribution is -0.140. The Labute approximate surface area is 124 Å². The maximum Gasteiger partial charge on any atom is 0.238 e. The Bertz CT molecular complexity index is 647. The quantitative estimate of drug-likeness (QED) is 0.790. The minimum absolute atomic E-state index is 0.0797. The number of nitrogens with zero attached hydrogens (tertiary/aromatic N) is 1. The van der Waals surface area contributed by atoms with Gasteiger partial charge in [-0.25, -0.2) is 0 Å². The summed E-state index contributed by atoms with van der Waals surface area (Å²) in [5.41, 5.74) is 1.79. The Balaban J connectivity index is 1.79. The van der Waals surface area contributed by atoms with E-state index >= 15 is 0 Å². The normalized spacial score (nSPS) is 27.9. The molecule has 4 rings (SSSR count). The van der Waals surface area contributed by atoms with Gasteiger partial charge in [0.05, 0.1) is 12.6 Å². The van der Waals surface area contributed by atoms with Gasteiger partial charge < -0.3 is 9.64 Å². The van der Waals surface area contributed by atoms with Crippen molar-refractivity contribution in [1.82, 2.24) is 0 Å². The second kappa shape index (κ2) is 4.71. The number of para-hydroxylation sites is 1. The summed E-state index contributed by atoms with van der Waals surface area (Å²) in [7, 11) is 0. The van der Waals surface area contributed by atoms with Crippen LogP contribution in [0.3, 0.4) is 0 Å². The van der Waals surface area contributed by atoms with Gasteiger partial charge in [-0.05, 0) is 24.1 Å². The Kier molecular flexibility index (Phi) is 2.82. The highest BCUT2D eigenvalue weighted by molar-refractivity contribution is 6.06. The highest BCUT2D eigenvalue weighted by Gasteiger charge is 2.63. The first-order chi connectivity index (χ1) is 10.3. The van der Waals surface area contributed by atoms with Gasteiger partial charge in [-0.1, -0.05) is 48.5 Å². The lowest BCUT2D eigenvalue weighted by atomic mass is 9.67. The fourth-order valence-corrected chi connectivity index (χ4v) is 3.58. The van der Waals surface area contributed by atoms with Crippen LogP contribution >= 0.6 is 0 Å². The summed E-state index contributed by atoms with van der Waals surface area (Å²) in [5, 5.41) is 0. The maximum absolute atomic E-state index is 12.8. The minimum Gasteiger partial charge on any atom is -0.380 e. The van der Waals surface area contributed by atoms with Gasteiger partial charge in [0.15, 0.2) is 0 Å². The van der Waals surface area contributed by atoms with Crippen molar-refractivity contribution in [3.8, 4) is 0 Å². The van der Waals surface area contributed by atoms with Crippen LogP contribution < -0.4 is 4.90 Å². The van der Waals surface area contributed by atoms with Gasteiger partial charge in [-0.3, -0.25) is 4.79 Å².